The van der Waals surface area contributed by atoms with Gasteiger partial charge in [-0.2, -0.15) is 4.31 Å². The molecule has 0 aliphatic carbocycles. The van der Waals surface area contributed by atoms with Crippen molar-refractivity contribution >= 4 is 21.6 Å². The summed E-state index contributed by atoms with van der Waals surface area (Å²) in [5.41, 5.74) is 0.815. The molecular weight excluding hydrogens is 370 g/mol. The molecule has 1 atom stereocenters. The summed E-state index contributed by atoms with van der Waals surface area (Å²) < 4.78 is 37.0. The molecule has 0 aliphatic heterocycles. The van der Waals surface area contributed by atoms with Crippen LogP contribution in [0.2, 0.25) is 0 Å². The normalized spacial score (nSPS) is 12.8. The molecule has 0 unspecified atom stereocenters. The number of nitrogens with zero attached hydrogens (tertiary/aromatic N) is 1. The minimum Gasteiger partial charge on any atom is -0.383 e. The summed E-state index contributed by atoms with van der Waals surface area (Å²) in [5, 5.41) is 5.93. The number of methoxy groups -OCH3 is 2. The summed E-state index contributed by atoms with van der Waals surface area (Å²) in [6, 6.07) is 4.33. The van der Waals surface area contributed by atoms with E-state index in [9.17, 15) is 13.2 Å². The Bertz CT molecular complexity index is 705. The highest BCUT2D eigenvalue weighted by molar-refractivity contribution is 7.89. The molecule has 0 heterocycles. The lowest BCUT2D eigenvalue weighted by atomic mass is 10.1. The largest absolute Gasteiger partial charge is 0.383 e. The molecule has 0 saturated heterocycles. The first kappa shape index (κ1) is 23.4. The molecule has 0 aliphatic rings. The molecule has 1 aromatic carbocycles. The first-order valence-corrected chi connectivity index (χ1v) is 10.4. The van der Waals surface area contributed by atoms with Crippen LogP contribution in [-0.2, 0) is 19.5 Å². The van der Waals surface area contributed by atoms with Gasteiger partial charge in [-0.3, -0.25) is 4.79 Å². The van der Waals surface area contributed by atoms with E-state index in [2.05, 4.69) is 10.6 Å². The zero-order chi connectivity index (χ0) is 20.4. The van der Waals surface area contributed by atoms with Gasteiger partial charge in [0.2, 0.25) is 10.0 Å². The molecule has 1 amide bonds. The number of benzene rings is 1. The summed E-state index contributed by atoms with van der Waals surface area (Å²) in [4.78, 5) is 12.8. The maximum absolute atomic E-state index is 12.8. The third-order valence-electron chi connectivity index (χ3n) is 3.99. The number of sulfonamides is 1. The van der Waals surface area contributed by atoms with E-state index < -0.39 is 10.0 Å². The Morgan fingerprint density at radius 3 is 2.41 bits per heavy atom. The number of anilines is 1. The van der Waals surface area contributed by atoms with Crippen molar-refractivity contribution in [3.05, 3.63) is 23.8 Å². The van der Waals surface area contributed by atoms with Gasteiger partial charge in [0.25, 0.3) is 5.91 Å². The standard InChI is InChI=1S/C18H31N3O5S/c1-6-21(7-2)27(23,24)15-8-9-17(19-10-11-25-4)16(12-15)18(22)20-14(3)13-26-5/h8-9,12,14,19H,6-7,10-11,13H2,1-5H3,(H,20,22)/t14-/m0/s1. The molecule has 1 rings (SSSR count). The van der Waals surface area contributed by atoms with Crippen molar-refractivity contribution in [2.24, 2.45) is 0 Å². The average Bonchev–Trinajstić information content (AvgIpc) is 2.62. The van der Waals surface area contributed by atoms with Gasteiger partial charge in [0.15, 0.2) is 0 Å². The molecule has 1 aromatic rings. The van der Waals surface area contributed by atoms with Gasteiger partial charge in [-0.05, 0) is 25.1 Å². The second-order valence-corrected chi connectivity index (χ2v) is 7.98. The van der Waals surface area contributed by atoms with E-state index >= 15 is 0 Å². The fourth-order valence-electron chi connectivity index (χ4n) is 2.62. The van der Waals surface area contributed by atoms with Crippen LogP contribution in [0.15, 0.2) is 23.1 Å². The van der Waals surface area contributed by atoms with Gasteiger partial charge >= 0.3 is 0 Å². The summed E-state index contributed by atoms with van der Waals surface area (Å²) in [6.45, 7) is 7.40. The molecule has 27 heavy (non-hydrogen) atoms. The Balaban J connectivity index is 3.26. The van der Waals surface area contributed by atoms with Crippen molar-refractivity contribution < 1.29 is 22.7 Å². The Morgan fingerprint density at radius 2 is 1.85 bits per heavy atom. The second kappa shape index (κ2) is 11.2. The van der Waals surface area contributed by atoms with Gasteiger partial charge in [0.1, 0.15) is 0 Å². The fourth-order valence-corrected chi connectivity index (χ4v) is 4.10. The Hall–Kier alpha value is -1.68. The van der Waals surface area contributed by atoms with E-state index in [-0.39, 0.29) is 22.4 Å². The Morgan fingerprint density at radius 1 is 1.19 bits per heavy atom. The van der Waals surface area contributed by atoms with Crippen molar-refractivity contribution in [2.75, 3.05) is 52.4 Å². The highest BCUT2D eigenvalue weighted by Crippen LogP contribution is 2.23. The van der Waals surface area contributed by atoms with E-state index in [1.807, 2.05) is 6.92 Å². The first-order chi connectivity index (χ1) is 12.8. The number of hydrogen-bond acceptors (Lipinski definition) is 6. The zero-order valence-electron chi connectivity index (χ0n) is 16.7. The van der Waals surface area contributed by atoms with Gasteiger partial charge in [0, 0.05) is 45.6 Å². The number of hydrogen-bond donors (Lipinski definition) is 2. The average molecular weight is 402 g/mol. The van der Waals surface area contributed by atoms with Crippen LogP contribution in [0, 0.1) is 0 Å². The molecule has 0 saturated carbocycles. The summed E-state index contributed by atoms with van der Waals surface area (Å²) in [5.74, 6) is -0.365. The Labute approximate surface area is 162 Å². The van der Waals surface area contributed by atoms with Gasteiger partial charge in [-0.15, -0.1) is 0 Å². The molecule has 0 radical (unpaired) electrons. The maximum atomic E-state index is 12.8. The molecular formula is C18H31N3O5S. The second-order valence-electron chi connectivity index (χ2n) is 6.05. The Kier molecular flexibility index (Phi) is 9.71. The molecule has 0 bridgehead atoms. The fraction of sp³-hybridized carbons (Fsp3) is 0.611. The molecule has 0 aromatic heterocycles. The van der Waals surface area contributed by atoms with Crippen LogP contribution in [0.5, 0.6) is 0 Å². The smallest absolute Gasteiger partial charge is 0.253 e. The van der Waals surface area contributed by atoms with Crippen LogP contribution in [-0.4, -0.2) is 71.7 Å². The van der Waals surface area contributed by atoms with Crippen molar-refractivity contribution in [3.63, 3.8) is 0 Å². The van der Waals surface area contributed by atoms with E-state index in [1.165, 1.54) is 16.4 Å². The lowest BCUT2D eigenvalue weighted by molar-refractivity contribution is 0.0906. The molecule has 8 nitrogen and oxygen atoms in total. The topological polar surface area (TPSA) is 97.0 Å². The number of nitrogens with one attached hydrogen (secondary N) is 2. The number of rotatable bonds is 12. The summed E-state index contributed by atoms with van der Waals surface area (Å²) in [7, 11) is -0.524. The lowest BCUT2D eigenvalue weighted by Gasteiger charge is -2.20. The molecule has 0 fully saturated rings. The van der Waals surface area contributed by atoms with Gasteiger partial charge in [0.05, 0.1) is 23.7 Å². The van der Waals surface area contributed by atoms with Crippen molar-refractivity contribution in [2.45, 2.75) is 31.7 Å². The van der Waals surface area contributed by atoms with Gasteiger partial charge in [-0.25, -0.2) is 8.42 Å². The molecule has 2 N–H and O–H groups in total. The van der Waals surface area contributed by atoms with Crippen molar-refractivity contribution in [1.29, 1.82) is 0 Å². The first-order valence-electron chi connectivity index (χ1n) is 8.98. The van der Waals surface area contributed by atoms with Crippen LogP contribution in [0.4, 0.5) is 5.69 Å². The highest BCUT2D eigenvalue weighted by atomic mass is 32.2. The number of carbonyl (C=O) groups excluding carboxylic acids is 1. The predicted octanol–water partition coefficient (Wildman–Crippen LogP) is 1.54. The van der Waals surface area contributed by atoms with E-state index in [0.29, 0.717) is 38.5 Å². The number of amides is 1. The van der Waals surface area contributed by atoms with E-state index in [0.717, 1.165) is 0 Å². The van der Waals surface area contributed by atoms with Gasteiger partial charge in [-0.1, -0.05) is 13.8 Å². The molecule has 0 spiro atoms. The van der Waals surface area contributed by atoms with Crippen LogP contribution >= 0.6 is 0 Å². The van der Waals surface area contributed by atoms with E-state index in [4.69, 9.17) is 9.47 Å². The SMILES string of the molecule is CCN(CC)S(=O)(=O)c1ccc(NCCOC)c(C(=O)N[C@@H](C)COC)c1. The van der Waals surface area contributed by atoms with Gasteiger partial charge < -0.3 is 20.1 Å². The maximum Gasteiger partial charge on any atom is 0.253 e. The molecule has 154 valence electrons. The highest BCUT2D eigenvalue weighted by Gasteiger charge is 2.24. The van der Waals surface area contributed by atoms with Crippen molar-refractivity contribution in [1.82, 2.24) is 9.62 Å². The third-order valence-corrected chi connectivity index (χ3v) is 6.04. The summed E-state index contributed by atoms with van der Waals surface area (Å²) in [6.07, 6.45) is 0. The minimum atomic E-state index is -3.66. The van der Waals surface area contributed by atoms with Crippen LogP contribution < -0.4 is 10.6 Å². The zero-order valence-corrected chi connectivity index (χ0v) is 17.6. The van der Waals surface area contributed by atoms with Crippen LogP contribution in [0.3, 0.4) is 0 Å². The predicted molar refractivity (Wildman–Crippen MR) is 106 cm³/mol. The van der Waals surface area contributed by atoms with Crippen molar-refractivity contribution in [3.8, 4) is 0 Å². The monoisotopic (exact) mass is 401 g/mol. The minimum absolute atomic E-state index is 0.0908. The lowest BCUT2D eigenvalue weighted by Crippen LogP contribution is -2.36. The van der Waals surface area contributed by atoms with Crippen LogP contribution in [0.1, 0.15) is 31.1 Å². The van der Waals surface area contributed by atoms with Crippen LogP contribution in [0.25, 0.3) is 0 Å². The van der Waals surface area contributed by atoms with E-state index in [1.54, 1.807) is 34.1 Å². The number of ether oxygens (including phenoxy) is 2. The molecule has 9 heteroatoms. The number of carbonyl (C=O) groups is 1. The summed E-state index contributed by atoms with van der Waals surface area (Å²) >= 11 is 0. The quantitative estimate of drug-likeness (QED) is 0.516. The third kappa shape index (κ3) is 6.46.